The van der Waals surface area contributed by atoms with E-state index in [9.17, 15) is 14.7 Å². The molecule has 5 nitrogen and oxygen atoms in total. The second kappa shape index (κ2) is 7.40. The fourth-order valence-corrected chi connectivity index (χ4v) is 2.41. The van der Waals surface area contributed by atoms with Crippen molar-refractivity contribution in [1.29, 1.82) is 0 Å². The lowest BCUT2D eigenvalue weighted by Crippen LogP contribution is -2.35. The highest BCUT2D eigenvalue weighted by molar-refractivity contribution is 5.96. The summed E-state index contributed by atoms with van der Waals surface area (Å²) in [6, 6.07) is 7.04. The first-order chi connectivity index (χ1) is 10.5. The summed E-state index contributed by atoms with van der Waals surface area (Å²) < 4.78 is 0. The fraction of sp³-hybridized carbons (Fsp3) is 0.529. The quantitative estimate of drug-likeness (QED) is 0.873. The number of nitrogens with zero attached hydrogens (tertiary/aromatic N) is 1. The van der Waals surface area contributed by atoms with Gasteiger partial charge in [0, 0.05) is 30.8 Å². The van der Waals surface area contributed by atoms with Crippen molar-refractivity contribution >= 4 is 17.5 Å². The van der Waals surface area contributed by atoms with E-state index in [1.165, 1.54) is 0 Å². The maximum absolute atomic E-state index is 12.0. The van der Waals surface area contributed by atoms with E-state index in [-0.39, 0.29) is 24.3 Å². The van der Waals surface area contributed by atoms with Gasteiger partial charge >= 0.3 is 0 Å². The molecule has 120 valence electrons. The number of hydrogen-bond donors (Lipinski definition) is 2. The molecule has 1 aromatic rings. The van der Waals surface area contributed by atoms with Crippen molar-refractivity contribution in [2.24, 2.45) is 5.92 Å². The van der Waals surface area contributed by atoms with Crippen LogP contribution in [0.25, 0.3) is 0 Å². The standard InChI is InChI=1S/C17H24N2O3/c1-12(2)15(20)11-18-17(22)13-6-8-14(9-7-13)19-10-4-3-5-16(19)21/h6-9,12,15,20H,3-5,10-11H2,1-2H3,(H,18,22). The summed E-state index contributed by atoms with van der Waals surface area (Å²) in [5.74, 6) is 0.0347. The first-order valence-corrected chi connectivity index (χ1v) is 7.85. The van der Waals surface area contributed by atoms with E-state index in [1.54, 1.807) is 29.2 Å². The van der Waals surface area contributed by atoms with E-state index in [4.69, 9.17) is 0 Å². The van der Waals surface area contributed by atoms with Gasteiger partial charge in [0.05, 0.1) is 6.10 Å². The molecule has 1 aliphatic heterocycles. The zero-order valence-corrected chi connectivity index (χ0v) is 13.2. The zero-order chi connectivity index (χ0) is 16.1. The maximum atomic E-state index is 12.0. The second-order valence-electron chi connectivity index (χ2n) is 6.07. The number of anilines is 1. The molecule has 0 aromatic heterocycles. The second-order valence-corrected chi connectivity index (χ2v) is 6.07. The van der Waals surface area contributed by atoms with Crippen molar-refractivity contribution in [3.05, 3.63) is 29.8 Å². The van der Waals surface area contributed by atoms with Crippen LogP contribution in [0.15, 0.2) is 24.3 Å². The van der Waals surface area contributed by atoms with Gasteiger partial charge < -0.3 is 15.3 Å². The van der Waals surface area contributed by atoms with Crippen LogP contribution in [0.3, 0.4) is 0 Å². The average Bonchev–Trinajstić information content (AvgIpc) is 2.52. The highest BCUT2D eigenvalue weighted by Gasteiger charge is 2.19. The van der Waals surface area contributed by atoms with Crippen LogP contribution in [0.2, 0.25) is 0 Å². The molecule has 2 N–H and O–H groups in total. The van der Waals surface area contributed by atoms with Crippen molar-refractivity contribution in [2.45, 2.75) is 39.2 Å². The van der Waals surface area contributed by atoms with Crippen LogP contribution in [0.1, 0.15) is 43.5 Å². The number of aliphatic hydroxyl groups excluding tert-OH is 1. The molecular weight excluding hydrogens is 280 g/mol. The molecule has 0 spiro atoms. The number of hydrogen-bond acceptors (Lipinski definition) is 3. The van der Waals surface area contributed by atoms with E-state index >= 15 is 0 Å². The van der Waals surface area contributed by atoms with Crippen LogP contribution in [-0.4, -0.2) is 36.1 Å². The molecule has 1 aromatic carbocycles. The van der Waals surface area contributed by atoms with Gasteiger partial charge in [0.2, 0.25) is 5.91 Å². The van der Waals surface area contributed by atoms with Crippen LogP contribution in [0.5, 0.6) is 0 Å². The summed E-state index contributed by atoms with van der Waals surface area (Å²) >= 11 is 0. The number of nitrogens with one attached hydrogen (secondary N) is 1. The van der Waals surface area contributed by atoms with E-state index in [1.807, 2.05) is 13.8 Å². The summed E-state index contributed by atoms with van der Waals surface area (Å²) in [4.78, 5) is 25.7. The van der Waals surface area contributed by atoms with Crippen molar-refractivity contribution in [3.8, 4) is 0 Å². The molecule has 1 atom stereocenters. The van der Waals surface area contributed by atoms with Crippen LogP contribution in [0.4, 0.5) is 5.69 Å². The van der Waals surface area contributed by atoms with Crippen LogP contribution >= 0.6 is 0 Å². The van der Waals surface area contributed by atoms with Gasteiger partial charge in [-0.15, -0.1) is 0 Å². The Labute approximate surface area is 131 Å². The smallest absolute Gasteiger partial charge is 0.251 e. The number of rotatable bonds is 5. The Bertz CT molecular complexity index is 525. The molecule has 0 aliphatic carbocycles. The first-order valence-electron chi connectivity index (χ1n) is 7.85. The lowest BCUT2D eigenvalue weighted by molar-refractivity contribution is -0.119. The van der Waals surface area contributed by atoms with Crippen LogP contribution in [0, 0.1) is 5.92 Å². The van der Waals surface area contributed by atoms with Gasteiger partial charge in [-0.2, -0.15) is 0 Å². The van der Waals surface area contributed by atoms with Gasteiger partial charge in [-0.3, -0.25) is 9.59 Å². The lowest BCUT2D eigenvalue weighted by atomic mass is 10.1. The summed E-state index contributed by atoms with van der Waals surface area (Å²) in [5.41, 5.74) is 1.37. The number of carbonyl (C=O) groups is 2. The molecule has 0 saturated carbocycles. The maximum Gasteiger partial charge on any atom is 0.251 e. The van der Waals surface area contributed by atoms with Crippen LogP contribution < -0.4 is 10.2 Å². The molecular formula is C17H24N2O3. The lowest BCUT2D eigenvalue weighted by Gasteiger charge is -2.26. The molecule has 0 radical (unpaired) electrons. The van der Waals surface area contributed by atoms with E-state index in [2.05, 4.69) is 5.32 Å². The molecule has 2 rings (SSSR count). The highest BCUT2D eigenvalue weighted by Crippen LogP contribution is 2.21. The van der Waals surface area contributed by atoms with E-state index in [0.717, 1.165) is 25.1 Å². The summed E-state index contributed by atoms with van der Waals surface area (Å²) in [6.07, 6.45) is 2.01. The monoisotopic (exact) mass is 304 g/mol. The van der Waals surface area contributed by atoms with Crippen molar-refractivity contribution in [3.63, 3.8) is 0 Å². The number of piperidine rings is 1. The van der Waals surface area contributed by atoms with Gasteiger partial charge in [0.15, 0.2) is 0 Å². The SMILES string of the molecule is CC(C)C(O)CNC(=O)c1ccc(N2CCCCC2=O)cc1. The van der Waals surface area contributed by atoms with Gasteiger partial charge in [0.25, 0.3) is 5.91 Å². The normalized spacial score (nSPS) is 16.7. The summed E-state index contributed by atoms with van der Waals surface area (Å²) in [6.45, 7) is 4.79. The fourth-order valence-electron chi connectivity index (χ4n) is 2.41. The molecule has 22 heavy (non-hydrogen) atoms. The number of amides is 2. The Morgan fingerprint density at radius 3 is 2.55 bits per heavy atom. The minimum Gasteiger partial charge on any atom is -0.391 e. The van der Waals surface area contributed by atoms with E-state index in [0.29, 0.717) is 12.0 Å². The third kappa shape index (κ3) is 4.07. The topological polar surface area (TPSA) is 69.6 Å². The summed E-state index contributed by atoms with van der Waals surface area (Å²) in [5, 5.41) is 12.4. The van der Waals surface area contributed by atoms with Gasteiger partial charge in [0.1, 0.15) is 0 Å². The first kappa shape index (κ1) is 16.5. The Morgan fingerprint density at radius 2 is 1.95 bits per heavy atom. The molecule has 1 fully saturated rings. The van der Waals surface area contributed by atoms with Gasteiger partial charge in [-0.05, 0) is 43.0 Å². The highest BCUT2D eigenvalue weighted by atomic mass is 16.3. The third-order valence-corrected chi connectivity index (χ3v) is 4.01. The molecule has 5 heteroatoms. The van der Waals surface area contributed by atoms with Crippen molar-refractivity contribution in [2.75, 3.05) is 18.0 Å². The van der Waals surface area contributed by atoms with Gasteiger partial charge in [-0.1, -0.05) is 13.8 Å². The molecule has 2 amide bonds. The average molecular weight is 304 g/mol. The number of carbonyl (C=O) groups excluding carboxylic acids is 2. The third-order valence-electron chi connectivity index (χ3n) is 4.01. The zero-order valence-electron chi connectivity index (χ0n) is 13.2. The van der Waals surface area contributed by atoms with E-state index < -0.39 is 6.10 Å². The number of aliphatic hydroxyl groups is 1. The predicted octanol–water partition coefficient (Wildman–Crippen LogP) is 1.95. The molecule has 1 heterocycles. The Kier molecular flexibility index (Phi) is 5.55. The molecule has 1 unspecified atom stereocenters. The predicted molar refractivity (Wildman–Crippen MR) is 85.8 cm³/mol. The minimum absolute atomic E-state index is 0.104. The minimum atomic E-state index is -0.547. The van der Waals surface area contributed by atoms with Crippen molar-refractivity contribution < 1.29 is 14.7 Å². The largest absolute Gasteiger partial charge is 0.391 e. The molecule has 0 bridgehead atoms. The molecule has 1 saturated heterocycles. The Balaban J connectivity index is 1.96. The Morgan fingerprint density at radius 1 is 1.27 bits per heavy atom. The summed E-state index contributed by atoms with van der Waals surface area (Å²) in [7, 11) is 0. The van der Waals surface area contributed by atoms with Crippen LogP contribution in [-0.2, 0) is 4.79 Å². The number of benzene rings is 1. The van der Waals surface area contributed by atoms with Gasteiger partial charge in [-0.25, -0.2) is 0 Å². The Hall–Kier alpha value is -1.88. The molecule has 1 aliphatic rings. The van der Waals surface area contributed by atoms with Crippen molar-refractivity contribution in [1.82, 2.24) is 5.32 Å².